The van der Waals surface area contributed by atoms with Crippen LogP contribution in [0, 0.1) is 0 Å². The summed E-state index contributed by atoms with van der Waals surface area (Å²) in [6.45, 7) is 1.02. The normalized spacial score (nSPS) is 19.7. The van der Waals surface area contributed by atoms with Crippen molar-refractivity contribution in [1.29, 1.82) is 0 Å². The minimum absolute atomic E-state index is 0.0629. The molecule has 11 heteroatoms. The minimum Gasteiger partial charge on any atom is -0.454 e. The van der Waals surface area contributed by atoms with E-state index in [1.807, 2.05) is 0 Å². The smallest absolute Gasteiger partial charge is 0.325 e. The van der Waals surface area contributed by atoms with Crippen LogP contribution in [0.3, 0.4) is 0 Å². The van der Waals surface area contributed by atoms with Gasteiger partial charge in [-0.05, 0) is 36.8 Å². The molecule has 2 aliphatic heterocycles. The van der Waals surface area contributed by atoms with E-state index in [0.29, 0.717) is 17.1 Å². The molecule has 8 nitrogen and oxygen atoms in total. The van der Waals surface area contributed by atoms with Gasteiger partial charge in [0.25, 0.3) is 11.7 Å². The van der Waals surface area contributed by atoms with Crippen molar-refractivity contribution < 1.29 is 32.6 Å². The molecule has 0 aliphatic carbocycles. The predicted octanol–water partition coefficient (Wildman–Crippen LogP) is 3.14. The van der Waals surface area contributed by atoms with E-state index in [0.717, 1.165) is 4.90 Å². The van der Waals surface area contributed by atoms with Crippen molar-refractivity contribution >= 4 is 35.3 Å². The number of anilines is 1. The number of nitrogens with one attached hydrogen (secondary N) is 2. The van der Waals surface area contributed by atoms with Crippen molar-refractivity contribution in [3.8, 4) is 11.5 Å². The topological polar surface area (TPSA) is 97.0 Å². The van der Waals surface area contributed by atoms with Crippen molar-refractivity contribution in [3.05, 3.63) is 48.0 Å². The molecule has 0 spiro atoms. The fourth-order valence-corrected chi connectivity index (χ4v) is 3.94. The highest BCUT2D eigenvalue weighted by molar-refractivity contribution is 7.99. The maximum absolute atomic E-state index is 13.0. The quantitative estimate of drug-likeness (QED) is 0.520. The number of carbonyl (C=O) groups is 3. The molecule has 0 unspecified atom stereocenters. The summed E-state index contributed by atoms with van der Waals surface area (Å²) in [6, 6.07) is 10.2. The molecule has 2 heterocycles. The maximum Gasteiger partial charge on any atom is 0.325 e. The third-order valence-electron chi connectivity index (χ3n) is 4.90. The number of carbonyl (C=O) groups excluding carboxylic acids is 3. The van der Waals surface area contributed by atoms with Crippen LogP contribution in [0.5, 0.6) is 11.5 Å². The molecule has 2 aromatic rings. The molecule has 0 radical (unpaired) electrons. The molecular weight excluding hydrogens is 432 g/mol. The van der Waals surface area contributed by atoms with Crippen LogP contribution in [0.2, 0.25) is 0 Å². The van der Waals surface area contributed by atoms with Crippen molar-refractivity contribution in [2.24, 2.45) is 0 Å². The monoisotopic (exact) mass is 449 g/mol. The number of hydrogen-bond donors (Lipinski definition) is 2. The zero-order valence-corrected chi connectivity index (χ0v) is 17.0. The van der Waals surface area contributed by atoms with Gasteiger partial charge in [0.2, 0.25) is 12.7 Å². The number of nitrogens with zero attached hydrogens (tertiary/aromatic N) is 1. The lowest BCUT2D eigenvalue weighted by Gasteiger charge is -2.22. The number of hydrogen-bond acceptors (Lipinski definition) is 6. The molecule has 1 saturated heterocycles. The molecule has 4 rings (SSSR count). The average molecular weight is 449 g/mol. The average Bonchev–Trinajstić information content (AvgIpc) is 3.27. The lowest BCUT2D eigenvalue weighted by molar-refractivity contribution is -0.133. The van der Waals surface area contributed by atoms with Gasteiger partial charge in [0.05, 0.1) is 5.69 Å². The number of para-hydroxylation sites is 1. The van der Waals surface area contributed by atoms with Gasteiger partial charge in [0, 0.05) is 4.90 Å². The third kappa shape index (κ3) is 4.00. The molecular formula is C20H17F2N3O5S. The Hall–Kier alpha value is -3.34. The summed E-state index contributed by atoms with van der Waals surface area (Å²) in [5, 5.41) is 5.08. The number of benzene rings is 2. The summed E-state index contributed by atoms with van der Waals surface area (Å²) in [7, 11) is 0. The second kappa shape index (κ2) is 8.06. The Morgan fingerprint density at radius 3 is 2.74 bits per heavy atom. The van der Waals surface area contributed by atoms with E-state index in [4.69, 9.17) is 9.47 Å². The molecule has 0 saturated carbocycles. The van der Waals surface area contributed by atoms with Crippen LogP contribution in [-0.2, 0) is 15.1 Å². The van der Waals surface area contributed by atoms with Gasteiger partial charge in [-0.3, -0.25) is 14.5 Å². The summed E-state index contributed by atoms with van der Waals surface area (Å²) in [5.74, 6) is -3.00. The van der Waals surface area contributed by atoms with Gasteiger partial charge in [-0.15, -0.1) is 0 Å². The van der Waals surface area contributed by atoms with Gasteiger partial charge < -0.3 is 20.1 Å². The van der Waals surface area contributed by atoms with Gasteiger partial charge in [0.1, 0.15) is 12.1 Å². The van der Waals surface area contributed by atoms with Crippen LogP contribution in [0.1, 0.15) is 12.5 Å². The highest BCUT2D eigenvalue weighted by Crippen LogP contribution is 2.38. The molecule has 1 atom stereocenters. The minimum atomic E-state index is -2.66. The van der Waals surface area contributed by atoms with Gasteiger partial charge in [0.15, 0.2) is 11.5 Å². The Bertz CT molecular complexity index is 1070. The fraction of sp³-hybridized carbons (Fsp3) is 0.250. The van der Waals surface area contributed by atoms with Crippen LogP contribution in [0.15, 0.2) is 47.4 Å². The second-order valence-corrected chi connectivity index (χ2v) is 7.97. The lowest BCUT2D eigenvalue weighted by atomic mass is 9.91. The summed E-state index contributed by atoms with van der Waals surface area (Å²) in [4.78, 5) is 38.9. The predicted molar refractivity (Wildman–Crippen MR) is 107 cm³/mol. The Morgan fingerprint density at radius 2 is 1.97 bits per heavy atom. The number of thioether (sulfide) groups is 1. The van der Waals surface area contributed by atoms with Crippen molar-refractivity contribution in [1.82, 2.24) is 10.2 Å². The van der Waals surface area contributed by atoms with Crippen LogP contribution in [0.25, 0.3) is 0 Å². The Labute approximate surface area is 179 Å². The number of imide groups is 1. The first-order valence-corrected chi connectivity index (χ1v) is 10.0. The summed E-state index contributed by atoms with van der Waals surface area (Å²) >= 11 is 0.288. The van der Waals surface area contributed by atoms with Gasteiger partial charge in [-0.25, -0.2) is 4.79 Å². The fourth-order valence-electron chi connectivity index (χ4n) is 3.35. The Balaban J connectivity index is 1.49. The molecule has 4 amide bonds. The highest BCUT2D eigenvalue weighted by atomic mass is 32.2. The molecule has 1 fully saturated rings. The zero-order valence-electron chi connectivity index (χ0n) is 16.2. The SMILES string of the molecule is C[C@@]1(c2ccc3c(c2)OCO3)NC(=O)N(CC(=O)Nc2ccccc2SC(F)F)C1=O. The van der Waals surface area contributed by atoms with E-state index in [9.17, 15) is 23.2 Å². The molecule has 2 aromatic carbocycles. The molecule has 162 valence electrons. The van der Waals surface area contributed by atoms with E-state index < -0.39 is 35.7 Å². The number of halogens is 2. The third-order valence-corrected chi connectivity index (χ3v) is 5.69. The van der Waals surface area contributed by atoms with Gasteiger partial charge in [-0.2, -0.15) is 8.78 Å². The van der Waals surface area contributed by atoms with Crippen molar-refractivity contribution in [2.75, 3.05) is 18.7 Å². The number of urea groups is 1. The van der Waals surface area contributed by atoms with E-state index in [1.54, 1.807) is 30.3 Å². The van der Waals surface area contributed by atoms with Crippen LogP contribution >= 0.6 is 11.8 Å². The Morgan fingerprint density at radius 1 is 1.23 bits per heavy atom. The van der Waals surface area contributed by atoms with Crippen LogP contribution in [-0.4, -0.2) is 41.8 Å². The number of rotatable bonds is 6. The number of alkyl halides is 2. The molecule has 2 N–H and O–H groups in total. The largest absolute Gasteiger partial charge is 0.454 e. The van der Waals surface area contributed by atoms with E-state index >= 15 is 0 Å². The van der Waals surface area contributed by atoms with Crippen LogP contribution < -0.4 is 20.1 Å². The van der Waals surface area contributed by atoms with Gasteiger partial charge >= 0.3 is 6.03 Å². The number of ether oxygens (including phenoxy) is 2. The summed E-state index contributed by atoms with van der Waals surface area (Å²) < 4.78 is 36.0. The molecule has 31 heavy (non-hydrogen) atoms. The van der Waals surface area contributed by atoms with E-state index in [2.05, 4.69) is 10.6 Å². The summed E-state index contributed by atoms with van der Waals surface area (Å²) in [5.41, 5.74) is -0.762. The van der Waals surface area contributed by atoms with E-state index in [1.165, 1.54) is 19.1 Å². The molecule has 0 aromatic heterocycles. The van der Waals surface area contributed by atoms with Gasteiger partial charge in [-0.1, -0.05) is 30.0 Å². The van der Waals surface area contributed by atoms with Crippen molar-refractivity contribution in [3.63, 3.8) is 0 Å². The maximum atomic E-state index is 13.0. The molecule has 2 aliphatic rings. The summed E-state index contributed by atoms with van der Waals surface area (Å²) in [6.07, 6.45) is 0. The zero-order chi connectivity index (χ0) is 22.2. The van der Waals surface area contributed by atoms with Crippen LogP contribution in [0.4, 0.5) is 19.3 Å². The first-order chi connectivity index (χ1) is 14.8. The number of amides is 4. The second-order valence-electron chi connectivity index (χ2n) is 6.94. The van der Waals surface area contributed by atoms with E-state index in [-0.39, 0.29) is 29.1 Å². The lowest BCUT2D eigenvalue weighted by Crippen LogP contribution is -2.42. The van der Waals surface area contributed by atoms with Crippen molar-refractivity contribution in [2.45, 2.75) is 23.1 Å². The Kier molecular flexibility index (Phi) is 5.44. The number of fused-ring (bicyclic) bond motifs is 1. The first-order valence-electron chi connectivity index (χ1n) is 9.16. The molecule has 0 bridgehead atoms. The standard InChI is InChI=1S/C20H17F2N3O5S/c1-20(11-6-7-13-14(8-11)30-10-29-13)17(27)25(19(28)24-20)9-16(26)23-12-4-2-3-5-15(12)31-18(21)22/h2-8,18H,9-10H2,1H3,(H,23,26)(H,24,28)/t20-/m0/s1. The first kappa shape index (κ1) is 20.9. The highest BCUT2D eigenvalue weighted by Gasteiger charge is 2.49.